The zero-order valence-electron chi connectivity index (χ0n) is 43.6. The summed E-state index contributed by atoms with van der Waals surface area (Å²) in [6.45, 7) is 0. The largest absolute Gasteiger partial charge is 0.488 e. The van der Waals surface area contributed by atoms with Crippen LogP contribution in [-0.4, -0.2) is 26.3 Å². The van der Waals surface area contributed by atoms with Gasteiger partial charge in [-0.1, -0.05) is 164 Å². The van der Waals surface area contributed by atoms with Gasteiger partial charge in [-0.3, -0.25) is 0 Å². The Morgan fingerprint density at radius 1 is 0.354 bits per heavy atom. The molecule has 388 valence electrons. The van der Waals surface area contributed by atoms with Crippen molar-refractivity contribution in [3.8, 4) is 22.5 Å². The highest BCUT2D eigenvalue weighted by atomic mass is 79.9. The molecule has 0 amide bonds. The number of benzene rings is 12. The Hall–Kier alpha value is -9.26. The third-order valence-corrected chi connectivity index (χ3v) is 19.2. The maximum absolute atomic E-state index is 9.12. The van der Waals surface area contributed by atoms with Crippen LogP contribution in [0.2, 0.25) is 0 Å². The smallest absolute Gasteiger partial charge is 0.456 e. The zero-order chi connectivity index (χ0) is 54.6. The van der Waals surface area contributed by atoms with Crippen LogP contribution in [0.3, 0.4) is 0 Å². The van der Waals surface area contributed by atoms with E-state index in [9.17, 15) is 0 Å². The van der Waals surface area contributed by atoms with Crippen LogP contribution in [0.1, 0.15) is 0 Å². The third kappa shape index (κ3) is 7.75. The fourth-order valence-corrected chi connectivity index (χ4v) is 15.4. The summed E-state index contributed by atoms with van der Waals surface area (Å²) < 4.78 is 23.1. The summed E-state index contributed by atoms with van der Waals surface area (Å²) in [6.07, 6.45) is 0. The van der Waals surface area contributed by atoms with Gasteiger partial charge in [0.15, 0.2) is 0 Å². The third-order valence-electron chi connectivity index (χ3n) is 15.9. The van der Waals surface area contributed by atoms with Gasteiger partial charge < -0.3 is 28.0 Å². The second-order valence-electron chi connectivity index (χ2n) is 20.6. The molecule has 10 heteroatoms. The van der Waals surface area contributed by atoms with Gasteiger partial charge in [0.1, 0.15) is 22.3 Å². The highest BCUT2D eigenvalue weighted by Gasteiger charge is 2.23. The van der Waals surface area contributed by atoms with E-state index in [-0.39, 0.29) is 0 Å². The van der Waals surface area contributed by atoms with Crippen molar-refractivity contribution >= 4 is 179 Å². The molecule has 0 atom stereocenters. The molecule has 0 spiro atoms. The molecular weight excluding hydrogens is 1110 g/mol. The number of furan rings is 2. The van der Waals surface area contributed by atoms with Gasteiger partial charge in [0.25, 0.3) is 0 Å². The summed E-state index contributed by atoms with van der Waals surface area (Å²) in [7, 11) is -1.45. The molecule has 6 heterocycles. The van der Waals surface area contributed by atoms with Crippen LogP contribution in [0, 0.1) is 0 Å². The molecular formula is C72H44BBrN2O4S2. The lowest BCUT2D eigenvalue weighted by Crippen LogP contribution is -2.29. The molecule has 0 aliphatic carbocycles. The normalized spacial score (nSPS) is 11.8. The molecule has 0 radical (unpaired) electrons. The van der Waals surface area contributed by atoms with Crippen LogP contribution < -0.4 is 5.46 Å². The molecule has 6 aromatic heterocycles. The van der Waals surface area contributed by atoms with Crippen LogP contribution in [0.15, 0.2) is 268 Å². The van der Waals surface area contributed by atoms with E-state index in [0.29, 0.717) is 5.46 Å². The lowest BCUT2D eigenvalue weighted by Gasteiger charge is -2.11. The molecule has 12 aromatic carbocycles. The average molecular weight is 1160 g/mol. The molecule has 0 aliphatic rings. The topological polar surface area (TPSA) is 76.6 Å². The summed E-state index contributed by atoms with van der Waals surface area (Å²) in [5, 5.41) is 32.8. The monoisotopic (exact) mass is 1150 g/mol. The van der Waals surface area contributed by atoms with Crippen LogP contribution in [-0.2, 0) is 0 Å². The first-order valence-corrected chi connectivity index (χ1v) is 29.6. The Bertz CT molecular complexity index is 5540. The lowest BCUT2D eigenvalue weighted by atomic mass is 9.80. The first-order valence-electron chi connectivity index (χ1n) is 27.1. The summed E-state index contributed by atoms with van der Waals surface area (Å²) in [5.74, 6) is 0. The molecule has 2 N–H and O–H groups in total. The Labute approximate surface area is 485 Å². The van der Waals surface area contributed by atoms with Crippen molar-refractivity contribution in [2.75, 3.05) is 0 Å². The van der Waals surface area contributed by atoms with E-state index in [2.05, 4.69) is 225 Å². The predicted molar refractivity (Wildman–Crippen MR) is 351 cm³/mol. The molecule has 0 unspecified atom stereocenters. The number of para-hydroxylation sites is 6. The first kappa shape index (κ1) is 48.6. The average Bonchev–Trinajstić information content (AvgIpc) is 2.86. The Morgan fingerprint density at radius 3 is 1.34 bits per heavy atom. The maximum atomic E-state index is 9.12. The Morgan fingerprint density at radius 2 is 0.780 bits per heavy atom. The minimum Gasteiger partial charge on any atom is -0.456 e. The number of thiophene rings is 2. The number of nitrogens with zero attached hydrogens (tertiary/aromatic N) is 2. The standard InChI is InChI=1S/C36H21NOS.C24H14BrNS.C12H9BO3/c1-2-10-23(11-3-1)37-30-15-7-4-12-24(30)29-21-27(36-34(35(29)37)26-14-6-9-17-33(26)39-36)22-18-19-32-28(20-22)25-13-5-8-16-31(25)38-32;25-19-14-18-16-10-4-6-12-20(16)26(15-8-2-1-3-9-15)23(18)22-17-11-5-7-13-21(17)27-24(19)22;14-13(15)8-5-6-12-10(7-8)9-3-1-2-4-11(9)16-12/h1-21H;1-14H;1-7,14-15H. The van der Waals surface area contributed by atoms with Crippen molar-refractivity contribution in [3.05, 3.63) is 259 Å². The Kier molecular flexibility index (Phi) is 11.6. The van der Waals surface area contributed by atoms with Gasteiger partial charge in [0.05, 0.1) is 26.8 Å². The van der Waals surface area contributed by atoms with Gasteiger partial charge in [0, 0.05) is 100 Å². The van der Waals surface area contributed by atoms with Crippen molar-refractivity contribution in [2.24, 2.45) is 0 Å². The second-order valence-corrected chi connectivity index (χ2v) is 23.6. The summed E-state index contributed by atoms with van der Waals surface area (Å²) in [5.41, 5.74) is 13.8. The van der Waals surface area contributed by atoms with E-state index in [1.165, 1.54) is 111 Å². The van der Waals surface area contributed by atoms with E-state index in [1.54, 1.807) is 18.2 Å². The molecule has 0 bridgehead atoms. The van der Waals surface area contributed by atoms with E-state index in [1.807, 2.05) is 59.1 Å². The second kappa shape index (κ2) is 19.5. The molecule has 0 fully saturated rings. The van der Waals surface area contributed by atoms with E-state index < -0.39 is 7.12 Å². The molecule has 82 heavy (non-hydrogen) atoms. The quantitative estimate of drug-likeness (QED) is 0.172. The van der Waals surface area contributed by atoms with E-state index in [0.717, 1.165) is 43.9 Å². The van der Waals surface area contributed by atoms with E-state index in [4.69, 9.17) is 18.9 Å². The maximum Gasteiger partial charge on any atom is 0.488 e. The van der Waals surface area contributed by atoms with Crippen molar-refractivity contribution in [3.63, 3.8) is 0 Å². The molecule has 0 aliphatic heterocycles. The zero-order valence-corrected chi connectivity index (χ0v) is 46.8. The predicted octanol–water partition coefficient (Wildman–Crippen LogP) is 19.9. The van der Waals surface area contributed by atoms with Crippen LogP contribution in [0.25, 0.3) is 150 Å². The van der Waals surface area contributed by atoms with E-state index >= 15 is 0 Å². The number of fused-ring (bicyclic) bond motifs is 20. The van der Waals surface area contributed by atoms with Crippen LogP contribution in [0.4, 0.5) is 0 Å². The summed E-state index contributed by atoms with van der Waals surface area (Å²) in [4.78, 5) is 0. The van der Waals surface area contributed by atoms with Gasteiger partial charge in [-0.05, 0) is 118 Å². The number of rotatable bonds is 4. The van der Waals surface area contributed by atoms with Gasteiger partial charge in [-0.2, -0.15) is 0 Å². The Balaban J connectivity index is 0.000000111. The van der Waals surface area contributed by atoms with Gasteiger partial charge >= 0.3 is 7.12 Å². The van der Waals surface area contributed by atoms with Gasteiger partial charge in [-0.25, -0.2) is 0 Å². The molecule has 6 nitrogen and oxygen atoms in total. The fraction of sp³-hybridized carbons (Fsp3) is 0. The molecule has 18 rings (SSSR count). The highest BCUT2D eigenvalue weighted by molar-refractivity contribution is 9.10. The van der Waals surface area contributed by atoms with Crippen molar-refractivity contribution < 1.29 is 18.9 Å². The van der Waals surface area contributed by atoms with Crippen LogP contribution >= 0.6 is 38.6 Å². The lowest BCUT2D eigenvalue weighted by molar-refractivity contribution is 0.426. The molecule has 0 saturated heterocycles. The molecule has 18 aromatic rings. The van der Waals surface area contributed by atoms with Crippen molar-refractivity contribution in [2.45, 2.75) is 0 Å². The molecule has 0 saturated carbocycles. The summed E-state index contributed by atoms with van der Waals surface area (Å²) in [6, 6.07) is 88.9. The summed E-state index contributed by atoms with van der Waals surface area (Å²) >= 11 is 7.59. The number of aromatic nitrogens is 2. The van der Waals surface area contributed by atoms with Gasteiger partial charge in [0.2, 0.25) is 0 Å². The number of hydrogen-bond donors (Lipinski definition) is 2. The minimum atomic E-state index is -1.45. The fourth-order valence-electron chi connectivity index (χ4n) is 12.3. The van der Waals surface area contributed by atoms with Crippen LogP contribution in [0.5, 0.6) is 0 Å². The minimum absolute atomic E-state index is 0.471. The number of halogens is 1. The number of hydrogen-bond acceptors (Lipinski definition) is 6. The first-order chi connectivity index (χ1) is 40.4. The SMILES string of the molecule is Brc1cc2c3ccccc3n(-c3ccccc3)c2c2c1sc1ccccc12.OB(O)c1ccc2oc3ccccc3c2c1.c1ccc(-n2c3ccccc3c3cc(-c4ccc5oc6ccccc6c5c4)c4sc5ccccc5c4c32)cc1. The van der Waals surface area contributed by atoms with Gasteiger partial charge in [-0.15, -0.1) is 22.7 Å². The van der Waals surface area contributed by atoms with Crippen molar-refractivity contribution in [1.82, 2.24) is 9.13 Å². The highest BCUT2D eigenvalue weighted by Crippen LogP contribution is 2.49. The van der Waals surface area contributed by atoms with Crippen molar-refractivity contribution in [1.29, 1.82) is 0 Å².